The van der Waals surface area contributed by atoms with Crippen LogP contribution in [0.15, 0.2) is 140 Å². The van der Waals surface area contributed by atoms with Crippen LogP contribution in [0.25, 0.3) is 40.0 Å². The first-order valence-electron chi connectivity index (χ1n) is 29.0. The van der Waals surface area contributed by atoms with Crippen LogP contribution in [0.2, 0.25) is 0 Å². The Morgan fingerprint density at radius 3 is 1.13 bits per heavy atom. The van der Waals surface area contributed by atoms with Gasteiger partial charge < -0.3 is 53.1 Å². The summed E-state index contributed by atoms with van der Waals surface area (Å²) >= 11 is 0. The minimum Gasteiger partial charge on any atom is -0.498 e. The Kier molecular flexibility index (Phi) is 31.2. The molecule has 5 radical (unpaired) electrons. The molecule has 0 aliphatic heterocycles. The molecule has 0 atom stereocenters. The summed E-state index contributed by atoms with van der Waals surface area (Å²) in [5, 5.41) is 22.3. The molecular weight excluding hydrogens is 2090 g/mol. The summed E-state index contributed by atoms with van der Waals surface area (Å²) in [4.78, 5) is 25.5. The Labute approximate surface area is 618 Å². The van der Waals surface area contributed by atoms with Gasteiger partial charge in [-0.25, -0.2) is 10.2 Å². The molecule has 0 saturated carbocycles. The first kappa shape index (κ1) is 84.1. The molecule has 94 heavy (non-hydrogen) atoms. The molecule has 0 spiro atoms. The number of benzene rings is 1. The molecule has 0 bridgehead atoms. The van der Waals surface area contributed by atoms with E-state index in [1.165, 1.54) is 11.1 Å². The maximum Gasteiger partial charge on any atom is 0.388 e. The van der Waals surface area contributed by atoms with Crippen LogP contribution in [0.3, 0.4) is 0 Å². The number of hydrogen-bond donors (Lipinski definition) is 0. The van der Waals surface area contributed by atoms with E-state index in [1.54, 1.807) is 56.6 Å². The van der Waals surface area contributed by atoms with Crippen molar-refractivity contribution in [2.45, 2.75) is 163 Å². The smallest absolute Gasteiger partial charge is 0.388 e. The fourth-order valence-corrected chi connectivity index (χ4v) is 7.88. The van der Waals surface area contributed by atoms with Crippen molar-refractivity contribution in [2.75, 3.05) is 7.11 Å². The van der Waals surface area contributed by atoms with Crippen LogP contribution in [0, 0.1) is 31.1 Å². The third kappa shape index (κ3) is 24.0. The predicted molar refractivity (Wildman–Crippen MR) is 340 cm³/mol. The van der Waals surface area contributed by atoms with Crippen LogP contribution in [-0.2, 0) is 139 Å². The Morgan fingerprint density at radius 2 is 0.766 bits per heavy atom. The van der Waals surface area contributed by atoms with Crippen molar-refractivity contribution in [3.05, 3.63) is 211 Å². The zero-order valence-corrected chi connectivity index (χ0v) is 68.1. The third-order valence-electron chi connectivity index (χ3n) is 13.4. The number of aromatic nitrogens is 16. The maximum atomic E-state index is 12.5. The Bertz CT molecular complexity index is 3780. The summed E-state index contributed by atoms with van der Waals surface area (Å²) in [6.07, 6.45) is 18.9. The summed E-state index contributed by atoms with van der Waals surface area (Å²) in [5.41, 5.74) is 5.46. The first-order chi connectivity index (χ1) is 41.5. The van der Waals surface area contributed by atoms with Crippen LogP contribution in [0.1, 0.15) is 164 Å². The molecule has 0 saturated heterocycles. The zero-order chi connectivity index (χ0) is 65.3. The summed E-state index contributed by atoms with van der Waals surface area (Å²) in [6.45, 7) is 38.2. The normalized spacial score (nSPS) is 11.5. The molecule has 0 aliphatic carbocycles. The van der Waals surface area contributed by atoms with Gasteiger partial charge in [0.2, 0.25) is 0 Å². The van der Waals surface area contributed by atoms with Crippen molar-refractivity contribution in [1.29, 1.82) is 0 Å². The van der Waals surface area contributed by atoms with Crippen LogP contribution >= 0.6 is 0 Å². The van der Waals surface area contributed by atoms with Crippen molar-refractivity contribution in [2.24, 2.45) is 0 Å². The van der Waals surface area contributed by atoms with E-state index in [0.29, 0.717) is 11.6 Å². The van der Waals surface area contributed by atoms with Gasteiger partial charge in [-0.1, -0.05) is 186 Å². The average molecular weight is 2170 g/mol. The van der Waals surface area contributed by atoms with Gasteiger partial charge in [0.15, 0.2) is 0 Å². The molecule has 17 nitrogen and oxygen atoms in total. The predicted octanol–water partition coefficient (Wildman–Crippen LogP) is 14.7. The second-order valence-electron chi connectivity index (χ2n) is 27.1. The third-order valence-corrected chi connectivity index (χ3v) is 13.4. The minimum absolute atomic E-state index is 0. The van der Waals surface area contributed by atoms with Crippen LogP contribution in [0.5, 0.6) is 5.75 Å². The van der Waals surface area contributed by atoms with Crippen molar-refractivity contribution in [3.8, 4) is 34.8 Å². The molecule has 10 heterocycles. The molecule has 1 aromatic carbocycles. The number of alkyl halides is 3. The van der Waals surface area contributed by atoms with E-state index >= 15 is 0 Å². The molecule has 513 valence electrons. The van der Waals surface area contributed by atoms with Gasteiger partial charge in [-0.15, -0.1) is 35.7 Å². The van der Waals surface area contributed by atoms with E-state index < -0.39 is 11.9 Å². The standard InChI is InChI=1S/C16H22N3.C15H21N4.C13H13F3N3.C13H16N3O.C12H8N3.5Ir/c1-15(2,3)12-7-9-17-14(11-12)19-10-8-13(18-19)16(4,5)6;1-14(2,3)11-7-8-16-12(9-11)19-10-17-13(18-19)15(4,5)6;1-12(2,3)9-4-6-17-11(8-9)19-7-5-10(18-19)13(14,15)16;1-13(2,3)11-6-8-16(15-11)12-9-10(17-4)5-7-14-12;1-2-6-11-10(5-1)9-15(14-11)12-7-3-4-8-13-12;;;;;/h7-9,11H,1-6H3;7-9H,1-6H3;4-6,8H,1-3H3;5-7,9H,1-4H3;1-8H;;;;;/q5*-1;;;;;. The second kappa shape index (κ2) is 34.8. The molecule has 11 aromatic rings. The number of rotatable bonds is 6. The molecule has 0 N–H and O–H groups in total. The number of pyridine rings is 5. The molecule has 0 unspecified atom stereocenters. The van der Waals surface area contributed by atoms with Crippen LogP contribution < -0.4 is 4.74 Å². The van der Waals surface area contributed by atoms with Crippen molar-refractivity contribution < 1.29 is 118 Å². The molecule has 0 aliphatic rings. The number of methoxy groups -OCH3 is 1. The van der Waals surface area contributed by atoms with E-state index in [4.69, 9.17) is 4.74 Å². The van der Waals surface area contributed by atoms with Gasteiger partial charge in [0.1, 0.15) is 5.75 Å². The van der Waals surface area contributed by atoms with E-state index in [0.717, 1.165) is 67.6 Å². The summed E-state index contributed by atoms with van der Waals surface area (Å²) in [6, 6.07) is 33.6. The quantitative estimate of drug-likeness (QED) is 0.144. The monoisotopic (exact) mass is 2170 g/mol. The van der Waals surface area contributed by atoms with Crippen LogP contribution in [0.4, 0.5) is 13.2 Å². The first-order valence-corrected chi connectivity index (χ1v) is 29.0. The number of ether oxygens (including phenoxy) is 1. The Hall–Kier alpha value is -5.95. The van der Waals surface area contributed by atoms with Gasteiger partial charge in [-0.2, -0.15) is 13.2 Å². The van der Waals surface area contributed by atoms with Gasteiger partial charge in [0, 0.05) is 143 Å². The van der Waals surface area contributed by atoms with E-state index in [2.05, 4.69) is 203 Å². The summed E-state index contributed by atoms with van der Waals surface area (Å²) in [5.74, 6) is 4.93. The average Bonchev–Trinajstić information content (AvgIpc) is 1.61. The van der Waals surface area contributed by atoms with Gasteiger partial charge in [0.25, 0.3) is 0 Å². The molecule has 0 amide bonds. The maximum absolute atomic E-state index is 12.5. The molecule has 25 heteroatoms. The van der Waals surface area contributed by atoms with Gasteiger partial charge in [-0.05, 0) is 103 Å². The molecule has 0 fully saturated rings. The number of fused-ring (bicyclic) bond motifs is 1. The van der Waals surface area contributed by atoms with E-state index in [1.807, 2.05) is 112 Å². The molecule has 11 rings (SSSR count). The largest absolute Gasteiger partial charge is 0.498 e. The Morgan fingerprint density at radius 1 is 0.372 bits per heavy atom. The summed E-state index contributed by atoms with van der Waals surface area (Å²) in [7, 11) is 1.63. The van der Waals surface area contributed by atoms with Crippen molar-refractivity contribution in [3.63, 3.8) is 0 Å². The topological polar surface area (TPSA) is 176 Å². The SMILES string of the molecule is CC(C)(C)c1ccnc(-n2[c-]cc(C(C)(C)C)n2)c1.CC(C)(C)c1ccnc(-n2[c-]cc(C(F)(F)F)n2)c1.CC(C)(C)c1ccnc(-n2[c-]nc(C(C)(C)C)n2)c1.COc1ccnc(-n2[c-]cc(C(C)(C)C)n2)c1.[Ir].[Ir].[Ir].[Ir].[Ir].[c-]1c2ccccc2nn1-c1ccccn1. The van der Waals surface area contributed by atoms with Crippen LogP contribution in [-0.4, -0.2) is 85.9 Å². The minimum atomic E-state index is -4.47. The van der Waals surface area contributed by atoms with Gasteiger partial charge in [0.05, 0.1) is 47.7 Å². The van der Waals surface area contributed by atoms with Crippen molar-refractivity contribution in [1.82, 2.24) is 78.8 Å². The molecular formula is C69H80F3Ir5N16O-5. The zero-order valence-electron chi connectivity index (χ0n) is 56.1. The fraction of sp³-hybridized carbons (Fsp3) is 0.377. The second-order valence-corrected chi connectivity index (χ2v) is 27.1. The van der Waals surface area contributed by atoms with E-state index in [9.17, 15) is 13.2 Å². The van der Waals surface area contributed by atoms with E-state index in [-0.39, 0.29) is 133 Å². The Balaban J connectivity index is 0.000000396. The van der Waals surface area contributed by atoms with Gasteiger partial charge >= 0.3 is 6.18 Å². The number of hydrogen-bond acceptors (Lipinski definition) is 12. The summed E-state index contributed by atoms with van der Waals surface area (Å²) < 4.78 is 50.2. The number of nitrogens with zero attached hydrogens (tertiary/aromatic N) is 16. The van der Waals surface area contributed by atoms with Gasteiger partial charge in [-0.3, -0.25) is 20.3 Å². The van der Waals surface area contributed by atoms with Crippen molar-refractivity contribution >= 4 is 10.9 Å². The number of halogens is 3. The fourth-order valence-electron chi connectivity index (χ4n) is 7.88. The molecule has 10 aromatic heterocycles.